The number of allylic oxidation sites excluding steroid dienone is 1. The van der Waals surface area contributed by atoms with E-state index in [1.54, 1.807) is 12.1 Å². The van der Waals surface area contributed by atoms with Crippen molar-refractivity contribution in [3.05, 3.63) is 46.8 Å². The molecule has 1 aromatic carbocycles. The molecule has 0 aliphatic heterocycles. The topological polar surface area (TPSA) is 20.2 Å². The van der Waals surface area contributed by atoms with Gasteiger partial charge in [-0.2, -0.15) is 0 Å². The monoisotopic (exact) mass is 260 g/mol. The van der Waals surface area contributed by atoms with Gasteiger partial charge < -0.3 is 5.11 Å². The Bertz CT molecular complexity index is 506. The van der Waals surface area contributed by atoms with Crippen LogP contribution in [0.2, 0.25) is 0 Å². The molecule has 102 valence electrons. The molecular formula is C17H21FO. The van der Waals surface area contributed by atoms with Crippen molar-refractivity contribution in [2.24, 2.45) is 0 Å². The molecule has 19 heavy (non-hydrogen) atoms. The van der Waals surface area contributed by atoms with Crippen LogP contribution in [-0.2, 0) is 12.0 Å². The van der Waals surface area contributed by atoms with E-state index in [9.17, 15) is 9.50 Å². The number of hydrogen-bond donors (Lipinski definition) is 1. The highest BCUT2D eigenvalue weighted by atomic mass is 19.1. The van der Waals surface area contributed by atoms with Gasteiger partial charge in [-0.1, -0.05) is 25.0 Å². The van der Waals surface area contributed by atoms with Crippen LogP contribution in [0.5, 0.6) is 0 Å². The number of fused-ring (bicyclic) bond motifs is 1. The van der Waals surface area contributed by atoms with Crippen LogP contribution in [0.25, 0.3) is 0 Å². The second kappa shape index (κ2) is 5.09. The van der Waals surface area contributed by atoms with Crippen LogP contribution in [0, 0.1) is 5.82 Å². The molecule has 0 bridgehead atoms. The summed E-state index contributed by atoms with van der Waals surface area (Å²) in [5.74, 6) is -0.199. The van der Waals surface area contributed by atoms with Crippen LogP contribution in [0.15, 0.2) is 29.8 Å². The van der Waals surface area contributed by atoms with Crippen molar-refractivity contribution in [3.8, 4) is 0 Å². The Kier molecular flexibility index (Phi) is 3.44. The van der Waals surface area contributed by atoms with E-state index in [2.05, 4.69) is 6.08 Å². The van der Waals surface area contributed by atoms with Crippen LogP contribution in [0.3, 0.4) is 0 Å². The maximum absolute atomic E-state index is 13.3. The van der Waals surface area contributed by atoms with E-state index < -0.39 is 5.60 Å². The van der Waals surface area contributed by atoms with Gasteiger partial charge >= 0.3 is 0 Å². The minimum atomic E-state index is -0.833. The first-order chi connectivity index (χ1) is 9.20. The van der Waals surface area contributed by atoms with Crippen molar-refractivity contribution in [3.63, 3.8) is 0 Å². The third-order valence-corrected chi connectivity index (χ3v) is 4.59. The molecule has 0 saturated heterocycles. The Hall–Kier alpha value is -1.15. The van der Waals surface area contributed by atoms with Gasteiger partial charge in [-0.25, -0.2) is 4.39 Å². The van der Waals surface area contributed by atoms with Crippen LogP contribution in [0.1, 0.15) is 56.1 Å². The minimum Gasteiger partial charge on any atom is -0.381 e. The Morgan fingerprint density at radius 2 is 1.89 bits per heavy atom. The van der Waals surface area contributed by atoms with Gasteiger partial charge in [0, 0.05) is 0 Å². The predicted octanol–water partition coefficient (Wildman–Crippen LogP) is 4.24. The zero-order valence-corrected chi connectivity index (χ0v) is 11.3. The fourth-order valence-corrected chi connectivity index (χ4v) is 3.52. The molecule has 1 N–H and O–H groups in total. The van der Waals surface area contributed by atoms with Gasteiger partial charge in [0.1, 0.15) is 11.4 Å². The summed E-state index contributed by atoms with van der Waals surface area (Å²) in [6.07, 6.45) is 10.7. The molecule has 0 amide bonds. The third-order valence-electron chi connectivity index (χ3n) is 4.59. The molecule has 0 aromatic heterocycles. The Balaban J connectivity index is 1.96. The first-order valence-corrected chi connectivity index (χ1v) is 7.41. The molecule has 0 heterocycles. The highest BCUT2D eigenvalue weighted by Gasteiger charge is 2.39. The number of aliphatic hydroxyl groups is 1. The van der Waals surface area contributed by atoms with Gasteiger partial charge in [0.25, 0.3) is 0 Å². The molecule has 0 spiro atoms. The smallest absolute Gasteiger partial charge is 0.123 e. The Morgan fingerprint density at radius 1 is 1.05 bits per heavy atom. The molecule has 0 radical (unpaired) electrons. The summed E-state index contributed by atoms with van der Waals surface area (Å²) < 4.78 is 13.3. The standard InChI is InChI=1S/C17H21FO/c18-15-8-9-16-13(12-15)10-11-17(16,19)14-6-4-2-1-3-5-7-14/h6,8-9,12,19H,1-5,7,10-11H2/b14-6+. The van der Waals surface area contributed by atoms with E-state index in [1.807, 2.05) is 0 Å². The summed E-state index contributed by atoms with van der Waals surface area (Å²) in [7, 11) is 0. The fraction of sp³-hybridized carbons (Fsp3) is 0.529. The van der Waals surface area contributed by atoms with Gasteiger partial charge in [0.05, 0.1) is 0 Å². The van der Waals surface area contributed by atoms with E-state index in [0.29, 0.717) is 6.42 Å². The van der Waals surface area contributed by atoms with Gasteiger partial charge in [-0.3, -0.25) is 0 Å². The number of halogens is 1. The van der Waals surface area contributed by atoms with E-state index in [4.69, 9.17) is 0 Å². The first-order valence-electron chi connectivity index (χ1n) is 7.41. The van der Waals surface area contributed by atoms with Gasteiger partial charge in [-0.15, -0.1) is 0 Å². The van der Waals surface area contributed by atoms with Crippen LogP contribution < -0.4 is 0 Å². The fourth-order valence-electron chi connectivity index (χ4n) is 3.52. The first kappa shape index (κ1) is 12.9. The number of aryl methyl sites for hydroxylation is 1. The van der Waals surface area contributed by atoms with Crippen molar-refractivity contribution >= 4 is 0 Å². The van der Waals surface area contributed by atoms with E-state index in [0.717, 1.165) is 42.4 Å². The third kappa shape index (κ3) is 2.34. The van der Waals surface area contributed by atoms with Gasteiger partial charge in [0.15, 0.2) is 0 Å². The Morgan fingerprint density at radius 3 is 2.79 bits per heavy atom. The maximum Gasteiger partial charge on any atom is 0.123 e. The van der Waals surface area contributed by atoms with E-state index >= 15 is 0 Å². The van der Waals surface area contributed by atoms with Crippen LogP contribution in [-0.4, -0.2) is 5.11 Å². The molecule has 2 aliphatic carbocycles. The summed E-state index contributed by atoms with van der Waals surface area (Å²) in [5.41, 5.74) is 2.24. The molecule has 1 atom stereocenters. The van der Waals surface area contributed by atoms with Crippen molar-refractivity contribution < 1.29 is 9.50 Å². The summed E-state index contributed by atoms with van der Waals surface area (Å²) in [6, 6.07) is 4.83. The highest BCUT2D eigenvalue weighted by molar-refractivity contribution is 5.44. The maximum atomic E-state index is 13.3. The zero-order chi connectivity index (χ0) is 13.3. The average Bonchev–Trinajstić information content (AvgIpc) is 2.67. The molecule has 1 aromatic rings. The van der Waals surface area contributed by atoms with E-state index in [1.165, 1.54) is 25.3 Å². The number of hydrogen-bond acceptors (Lipinski definition) is 1. The molecular weight excluding hydrogens is 239 g/mol. The van der Waals surface area contributed by atoms with Crippen molar-refractivity contribution in [1.82, 2.24) is 0 Å². The van der Waals surface area contributed by atoms with Crippen LogP contribution in [0.4, 0.5) is 4.39 Å². The SMILES string of the molecule is OC1(/C2=C/CCCCCC2)CCc2cc(F)ccc21. The Labute approximate surface area is 114 Å². The summed E-state index contributed by atoms with van der Waals surface area (Å²) in [4.78, 5) is 0. The quantitative estimate of drug-likeness (QED) is 0.749. The molecule has 2 heteroatoms. The molecule has 0 saturated carbocycles. The lowest BCUT2D eigenvalue weighted by Crippen LogP contribution is -2.25. The molecule has 1 unspecified atom stereocenters. The van der Waals surface area contributed by atoms with Gasteiger partial charge in [-0.05, 0) is 67.4 Å². The molecule has 2 aliphatic rings. The normalized spacial score (nSPS) is 30.1. The lowest BCUT2D eigenvalue weighted by Gasteiger charge is -2.29. The average molecular weight is 260 g/mol. The lowest BCUT2D eigenvalue weighted by atomic mass is 9.82. The molecule has 0 fully saturated rings. The second-order valence-electron chi connectivity index (χ2n) is 5.84. The lowest BCUT2D eigenvalue weighted by molar-refractivity contribution is 0.0733. The summed E-state index contributed by atoms with van der Waals surface area (Å²) in [5, 5.41) is 11.1. The summed E-state index contributed by atoms with van der Waals surface area (Å²) >= 11 is 0. The van der Waals surface area contributed by atoms with Crippen LogP contribution >= 0.6 is 0 Å². The van der Waals surface area contributed by atoms with Gasteiger partial charge in [0.2, 0.25) is 0 Å². The number of benzene rings is 1. The second-order valence-corrected chi connectivity index (χ2v) is 5.84. The highest BCUT2D eigenvalue weighted by Crippen LogP contribution is 2.44. The summed E-state index contributed by atoms with van der Waals surface area (Å²) in [6.45, 7) is 0. The van der Waals surface area contributed by atoms with Crippen molar-refractivity contribution in [1.29, 1.82) is 0 Å². The minimum absolute atomic E-state index is 0.199. The van der Waals surface area contributed by atoms with E-state index in [-0.39, 0.29) is 5.82 Å². The zero-order valence-electron chi connectivity index (χ0n) is 11.3. The predicted molar refractivity (Wildman–Crippen MR) is 74.4 cm³/mol. The number of rotatable bonds is 1. The van der Waals surface area contributed by atoms with Crippen molar-refractivity contribution in [2.75, 3.05) is 0 Å². The molecule has 3 rings (SSSR count). The van der Waals surface area contributed by atoms with Crippen molar-refractivity contribution in [2.45, 2.75) is 57.0 Å². The largest absolute Gasteiger partial charge is 0.381 e. The molecule has 1 nitrogen and oxygen atoms in total.